The molecule has 0 fully saturated rings. The van der Waals surface area contributed by atoms with Gasteiger partial charge in [-0.25, -0.2) is 0 Å². The summed E-state index contributed by atoms with van der Waals surface area (Å²) in [5, 5.41) is 2.79. The Labute approximate surface area is 101 Å². The lowest BCUT2D eigenvalue weighted by Crippen LogP contribution is -2.13. The van der Waals surface area contributed by atoms with Gasteiger partial charge in [-0.1, -0.05) is 0 Å². The number of hydrogen-bond donors (Lipinski definition) is 2. The number of halogens is 1. The molecule has 2 heterocycles. The van der Waals surface area contributed by atoms with Gasteiger partial charge >= 0.3 is 0 Å². The van der Waals surface area contributed by atoms with E-state index in [-0.39, 0.29) is 5.91 Å². The SMILES string of the molecule is Cc1ccncc1NC(=O)c1cc(Br)c[nH]1. The van der Waals surface area contributed by atoms with Crippen LogP contribution < -0.4 is 5.32 Å². The quantitative estimate of drug-likeness (QED) is 0.888. The summed E-state index contributed by atoms with van der Waals surface area (Å²) < 4.78 is 0.848. The zero-order chi connectivity index (χ0) is 11.5. The van der Waals surface area contributed by atoms with E-state index in [1.165, 1.54) is 0 Å². The number of H-pyrrole nitrogens is 1. The van der Waals surface area contributed by atoms with E-state index in [1.807, 2.05) is 13.0 Å². The van der Waals surface area contributed by atoms with Crippen LogP contribution in [0.25, 0.3) is 0 Å². The molecule has 82 valence electrons. The normalized spacial score (nSPS) is 10.1. The van der Waals surface area contributed by atoms with E-state index in [9.17, 15) is 4.79 Å². The van der Waals surface area contributed by atoms with Crippen molar-refractivity contribution in [1.82, 2.24) is 9.97 Å². The van der Waals surface area contributed by atoms with Crippen LogP contribution >= 0.6 is 15.9 Å². The summed E-state index contributed by atoms with van der Waals surface area (Å²) in [6.07, 6.45) is 5.03. The molecular formula is C11H10BrN3O. The summed E-state index contributed by atoms with van der Waals surface area (Å²) in [7, 11) is 0. The molecule has 2 aromatic rings. The minimum absolute atomic E-state index is 0.179. The smallest absolute Gasteiger partial charge is 0.272 e. The van der Waals surface area contributed by atoms with Gasteiger partial charge < -0.3 is 10.3 Å². The number of pyridine rings is 1. The van der Waals surface area contributed by atoms with E-state index in [4.69, 9.17) is 0 Å². The lowest BCUT2D eigenvalue weighted by Gasteiger charge is -2.05. The van der Waals surface area contributed by atoms with Crippen LogP contribution in [0.3, 0.4) is 0 Å². The van der Waals surface area contributed by atoms with Gasteiger partial charge in [-0.15, -0.1) is 0 Å². The number of rotatable bonds is 2. The van der Waals surface area contributed by atoms with Crippen molar-refractivity contribution in [1.29, 1.82) is 0 Å². The second-order valence-corrected chi connectivity index (χ2v) is 4.29. The Balaban J connectivity index is 2.17. The van der Waals surface area contributed by atoms with E-state index in [0.717, 1.165) is 15.7 Å². The third-order valence-corrected chi connectivity index (χ3v) is 2.64. The van der Waals surface area contributed by atoms with Crippen molar-refractivity contribution in [2.75, 3.05) is 5.32 Å². The first-order valence-corrected chi connectivity index (χ1v) is 5.52. The van der Waals surface area contributed by atoms with Gasteiger partial charge in [0.15, 0.2) is 0 Å². The largest absolute Gasteiger partial charge is 0.356 e. The Kier molecular flexibility index (Phi) is 3.05. The first-order chi connectivity index (χ1) is 7.66. The molecule has 0 spiro atoms. The van der Waals surface area contributed by atoms with Gasteiger partial charge in [-0.2, -0.15) is 0 Å². The highest BCUT2D eigenvalue weighted by atomic mass is 79.9. The molecule has 0 atom stereocenters. The lowest BCUT2D eigenvalue weighted by atomic mass is 10.2. The number of aromatic nitrogens is 2. The molecule has 1 amide bonds. The van der Waals surface area contributed by atoms with E-state index in [2.05, 4.69) is 31.2 Å². The van der Waals surface area contributed by atoms with Crippen molar-refractivity contribution in [2.24, 2.45) is 0 Å². The van der Waals surface area contributed by atoms with Crippen LogP contribution in [0.5, 0.6) is 0 Å². The van der Waals surface area contributed by atoms with E-state index >= 15 is 0 Å². The summed E-state index contributed by atoms with van der Waals surface area (Å²) in [6.45, 7) is 1.92. The second kappa shape index (κ2) is 4.49. The molecule has 0 aromatic carbocycles. The molecule has 0 unspecified atom stereocenters. The Morgan fingerprint density at radius 2 is 2.38 bits per heavy atom. The van der Waals surface area contributed by atoms with Crippen molar-refractivity contribution in [3.8, 4) is 0 Å². The number of nitrogens with one attached hydrogen (secondary N) is 2. The molecule has 2 aromatic heterocycles. The standard InChI is InChI=1S/C11H10BrN3O/c1-7-2-3-13-6-10(7)15-11(16)9-4-8(12)5-14-9/h2-6,14H,1H3,(H,15,16). The van der Waals surface area contributed by atoms with E-state index in [1.54, 1.807) is 24.7 Å². The number of hydrogen-bond acceptors (Lipinski definition) is 2. The van der Waals surface area contributed by atoms with Crippen molar-refractivity contribution < 1.29 is 4.79 Å². The van der Waals surface area contributed by atoms with Gasteiger partial charge in [0.05, 0.1) is 11.9 Å². The molecule has 0 radical (unpaired) electrons. The number of anilines is 1. The van der Waals surface area contributed by atoms with Crippen LogP contribution in [0.1, 0.15) is 16.1 Å². The maximum absolute atomic E-state index is 11.8. The molecule has 0 saturated carbocycles. The fourth-order valence-corrected chi connectivity index (χ4v) is 1.63. The molecule has 0 saturated heterocycles. The van der Waals surface area contributed by atoms with E-state index < -0.39 is 0 Å². The first-order valence-electron chi connectivity index (χ1n) is 4.72. The number of carbonyl (C=O) groups is 1. The maximum atomic E-state index is 11.8. The molecule has 0 aliphatic heterocycles. The van der Waals surface area contributed by atoms with Gasteiger partial charge in [0.2, 0.25) is 0 Å². The van der Waals surface area contributed by atoms with Gasteiger partial charge in [0, 0.05) is 16.9 Å². The number of nitrogens with zero attached hydrogens (tertiary/aromatic N) is 1. The minimum Gasteiger partial charge on any atom is -0.356 e. The number of amides is 1. The molecule has 0 aliphatic carbocycles. The van der Waals surface area contributed by atoms with Gasteiger partial charge in [-0.3, -0.25) is 9.78 Å². The highest BCUT2D eigenvalue weighted by Gasteiger charge is 2.09. The zero-order valence-corrected chi connectivity index (χ0v) is 10.2. The Bertz CT molecular complexity index is 521. The molecule has 4 nitrogen and oxygen atoms in total. The van der Waals surface area contributed by atoms with Crippen LogP contribution in [-0.4, -0.2) is 15.9 Å². The first kappa shape index (κ1) is 10.9. The molecule has 2 rings (SSSR count). The van der Waals surface area contributed by atoms with Gasteiger partial charge in [-0.05, 0) is 40.5 Å². The number of aryl methyl sites for hydroxylation is 1. The molecule has 16 heavy (non-hydrogen) atoms. The Morgan fingerprint density at radius 3 is 3.00 bits per heavy atom. The fourth-order valence-electron chi connectivity index (χ4n) is 1.28. The molecule has 5 heteroatoms. The third-order valence-electron chi connectivity index (χ3n) is 2.18. The van der Waals surface area contributed by atoms with Crippen LogP contribution in [0.15, 0.2) is 35.2 Å². The topological polar surface area (TPSA) is 57.8 Å². The second-order valence-electron chi connectivity index (χ2n) is 3.38. The van der Waals surface area contributed by atoms with Crippen molar-refractivity contribution >= 4 is 27.5 Å². The van der Waals surface area contributed by atoms with Crippen molar-refractivity contribution in [3.05, 3.63) is 46.5 Å². The van der Waals surface area contributed by atoms with Crippen LogP contribution in [0.4, 0.5) is 5.69 Å². The van der Waals surface area contributed by atoms with Gasteiger partial charge in [0.25, 0.3) is 5.91 Å². The summed E-state index contributed by atoms with van der Waals surface area (Å²) in [4.78, 5) is 18.6. The molecule has 0 aliphatic rings. The summed E-state index contributed by atoms with van der Waals surface area (Å²) >= 11 is 3.28. The average Bonchev–Trinajstić information content (AvgIpc) is 2.68. The monoisotopic (exact) mass is 279 g/mol. The summed E-state index contributed by atoms with van der Waals surface area (Å²) in [5.41, 5.74) is 2.21. The average molecular weight is 280 g/mol. The predicted octanol–water partition coefficient (Wildman–Crippen LogP) is 2.73. The highest BCUT2D eigenvalue weighted by molar-refractivity contribution is 9.10. The molecule has 0 bridgehead atoms. The number of carbonyl (C=O) groups excluding carboxylic acids is 1. The van der Waals surface area contributed by atoms with Crippen LogP contribution in [0.2, 0.25) is 0 Å². The van der Waals surface area contributed by atoms with Crippen LogP contribution in [0, 0.1) is 6.92 Å². The number of aromatic amines is 1. The van der Waals surface area contributed by atoms with Crippen LogP contribution in [-0.2, 0) is 0 Å². The maximum Gasteiger partial charge on any atom is 0.272 e. The Morgan fingerprint density at radius 1 is 1.56 bits per heavy atom. The lowest BCUT2D eigenvalue weighted by molar-refractivity contribution is 0.102. The predicted molar refractivity (Wildman–Crippen MR) is 65.4 cm³/mol. The summed E-state index contributed by atoms with van der Waals surface area (Å²) in [6, 6.07) is 3.57. The Hall–Kier alpha value is -1.62. The molecular weight excluding hydrogens is 270 g/mol. The summed E-state index contributed by atoms with van der Waals surface area (Å²) in [5.74, 6) is -0.179. The van der Waals surface area contributed by atoms with Gasteiger partial charge in [0.1, 0.15) is 5.69 Å². The molecule has 2 N–H and O–H groups in total. The third kappa shape index (κ3) is 2.30. The fraction of sp³-hybridized carbons (Fsp3) is 0.0909. The van der Waals surface area contributed by atoms with Crippen molar-refractivity contribution in [2.45, 2.75) is 6.92 Å². The highest BCUT2D eigenvalue weighted by Crippen LogP contribution is 2.15. The van der Waals surface area contributed by atoms with E-state index in [0.29, 0.717) is 5.69 Å². The zero-order valence-electron chi connectivity index (χ0n) is 8.62. The minimum atomic E-state index is -0.179. The van der Waals surface area contributed by atoms with Crippen molar-refractivity contribution in [3.63, 3.8) is 0 Å².